The van der Waals surface area contributed by atoms with Gasteiger partial charge in [0.1, 0.15) is 0 Å². The van der Waals surface area contributed by atoms with E-state index in [-0.39, 0.29) is 5.97 Å². The van der Waals surface area contributed by atoms with Gasteiger partial charge in [-0.2, -0.15) is 11.3 Å². The van der Waals surface area contributed by atoms with Crippen molar-refractivity contribution in [2.45, 2.75) is 13.8 Å². The fourth-order valence-electron chi connectivity index (χ4n) is 0.933. The van der Waals surface area contributed by atoms with E-state index in [1.54, 1.807) is 18.3 Å². The monoisotopic (exact) mass is 196 g/mol. The van der Waals surface area contributed by atoms with Gasteiger partial charge in [0.15, 0.2) is 0 Å². The van der Waals surface area contributed by atoms with Crippen LogP contribution in [-0.2, 0) is 9.53 Å². The first-order valence-electron chi connectivity index (χ1n) is 4.11. The lowest BCUT2D eigenvalue weighted by molar-refractivity contribution is -0.137. The predicted octanol–water partition coefficient (Wildman–Crippen LogP) is 2.71. The van der Waals surface area contributed by atoms with Crippen molar-refractivity contribution in [2.24, 2.45) is 0 Å². The first-order valence-corrected chi connectivity index (χ1v) is 5.06. The van der Waals surface area contributed by atoms with Gasteiger partial charge in [-0.1, -0.05) is 0 Å². The van der Waals surface area contributed by atoms with Gasteiger partial charge >= 0.3 is 5.97 Å². The Morgan fingerprint density at radius 2 is 2.46 bits per heavy atom. The highest BCUT2D eigenvalue weighted by Gasteiger charge is 2.00. The molecule has 1 rings (SSSR count). The van der Waals surface area contributed by atoms with Crippen molar-refractivity contribution in [3.63, 3.8) is 0 Å². The summed E-state index contributed by atoms with van der Waals surface area (Å²) in [4.78, 5) is 11.1. The molecule has 0 aliphatic carbocycles. The molecular weight excluding hydrogens is 184 g/mol. The van der Waals surface area contributed by atoms with Crippen LogP contribution in [0.5, 0.6) is 0 Å². The molecule has 13 heavy (non-hydrogen) atoms. The molecule has 70 valence electrons. The summed E-state index contributed by atoms with van der Waals surface area (Å²) in [6.45, 7) is 4.12. The molecule has 0 spiro atoms. The minimum absolute atomic E-state index is 0.272. The van der Waals surface area contributed by atoms with Crippen LogP contribution >= 0.6 is 11.3 Å². The van der Waals surface area contributed by atoms with Gasteiger partial charge in [0.05, 0.1) is 6.61 Å². The highest BCUT2D eigenvalue weighted by atomic mass is 32.1. The van der Waals surface area contributed by atoms with Crippen molar-refractivity contribution in [2.75, 3.05) is 6.61 Å². The Morgan fingerprint density at radius 3 is 3.00 bits per heavy atom. The number of carbonyl (C=O) groups is 1. The molecular formula is C10H12O2S. The van der Waals surface area contributed by atoms with Crippen LogP contribution in [0.4, 0.5) is 0 Å². The average molecular weight is 196 g/mol. The molecule has 1 aromatic rings. The molecule has 0 atom stereocenters. The summed E-state index contributed by atoms with van der Waals surface area (Å²) >= 11 is 1.62. The third-order valence-corrected chi connectivity index (χ3v) is 2.28. The molecule has 0 aliphatic heterocycles. The SMILES string of the molecule is CCOC(=O)C=C(C)c1ccsc1. The first kappa shape index (κ1) is 9.99. The van der Waals surface area contributed by atoms with Crippen LogP contribution in [0, 0.1) is 0 Å². The molecule has 1 aromatic heterocycles. The number of ether oxygens (including phenoxy) is 1. The Bertz CT molecular complexity index is 299. The van der Waals surface area contributed by atoms with E-state index in [1.807, 2.05) is 23.8 Å². The van der Waals surface area contributed by atoms with Gasteiger partial charge in [0.25, 0.3) is 0 Å². The molecule has 3 heteroatoms. The summed E-state index contributed by atoms with van der Waals surface area (Å²) in [6, 6.07) is 1.98. The summed E-state index contributed by atoms with van der Waals surface area (Å²) in [5, 5.41) is 3.99. The maximum atomic E-state index is 11.1. The summed E-state index contributed by atoms with van der Waals surface area (Å²) in [7, 11) is 0. The van der Waals surface area contributed by atoms with E-state index in [2.05, 4.69) is 0 Å². The van der Waals surface area contributed by atoms with Crippen LogP contribution in [0.3, 0.4) is 0 Å². The van der Waals surface area contributed by atoms with Gasteiger partial charge in [0.2, 0.25) is 0 Å². The van der Waals surface area contributed by atoms with Crippen LogP contribution in [0.2, 0.25) is 0 Å². The van der Waals surface area contributed by atoms with Gasteiger partial charge in [0, 0.05) is 6.08 Å². The molecule has 0 N–H and O–H groups in total. The van der Waals surface area contributed by atoms with Crippen LogP contribution in [0.25, 0.3) is 5.57 Å². The van der Waals surface area contributed by atoms with Crippen molar-refractivity contribution in [1.29, 1.82) is 0 Å². The summed E-state index contributed by atoms with van der Waals surface area (Å²) in [5.41, 5.74) is 2.03. The lowest BCUT2D eigenvalue weighted by Crippen LogP contribution is -1.99. The van der Waals surface area contributed by atoms with Crippen LogP contribution in [0.15, 0.2) is 22.9 Å². The molecule has 0 aliphatic rings. The normalized spacial score (nSPS) is 11.4. The zero-order chi connectivity index (χ0) is 9.68. The molecule has 1 heterocycles. The summed E-state index contributed by atoms with van der Waals surface area (Å²) in [6.07, 6.45) is 1.52. The van der Waals surface area contributed by atoms with E-state index in [1.165, 1.54) is 6.08 Å². The second-order valence-electron chi connectivity index (χ2n) is 2.59. The van der Waals surface area contributed by atoms with Crippen molar-refractivity contribution in [1.82, 2.24) is 0 Å². The molecule has 0 bridgehead atoms. The summed E-state index contributed by atoms with van der Waals surface area (Å²) < 4.78 is 4.80. The Hall–Kier alpha value is -1.09. The molecule has 0 unspecified atom stereocenters. The molecule has 0 saturated carbocycles. The average Bonchev–Trinajstić information content (AvgIpc) is 2.55. The predicted molar refractivity (Wildman–Crippen MR) is 54.6 cm³/mol. The standard InChI is InChI=1S/C10H12O2S/c1-3-12-10(11)6-8(2)9-4-5-13-7-9/h4-7H,3H2,1-2H3. The van der Waals surface area contributed by atoms with Crippen LogP contribution in [0.1, 0.15) is 19.4 Å². The zero-order valence-corrected chi connectivity index (χ0v) is 8.56. The van der Waals surface area contributed by atoms with E-state index in [4.69, 9.17) is 4.74 Å². The molecule has 0 saturated heterocycles. The molecule has 0 fully saturated rings. The fourth-order valence-corrected chi connectivity index (χ4v) is 1.65. The Labute approximate surface area is 81.8 Å². The lowest BCUT2D eigenvalue weighted by atomic mass is 10.1. The van der Waals surface area contributed by atoms with E-state index >= 15 is 0 Å². The zero-order valence-electron chi connectivity index (χ0n) is 7.74. The second-order valence-corrected chi connectivity index (χ2v) is 3.37. The number of hydrogen-bond donors (Lipinski definition) is 0. The highest BCUT2D eigenvalue weighted by Crippen LogP contribution is 2.16. The topological polar surface area (TPSA) is 26.3 Å². The minimum Gasteiger partial charge on any atom is -0.463 e. The van der Waals surface area contributed by atoms with Gasteiger partial charge in [-0.25, -0.2) is 4.79 Å². The number of thiophene rings is 1. The number of allylic oxidation sites excluding steroid dienone is 1. The van der Waals surface area contributed by atoms with E-state index in [0.717, 1.165) is 11.1 Å². The van der Waals surface area contributed by atoms with Crippen LogP contribution in [-0.4, -0.2) is 12.6 Å². The Kier molecular flexibility index (Phi) is 3.71. The van der Waals surface area contributed by atoms with Crippen molar-refractivity contribution < 1.29 is 9.53 Å². The minimum atomic E-state index is -0.272. The molecule has 0 radical (unpaired) electrons. The molecule has 0 amide bonds. The largest absolute Gasteiger partial charge is 0.463 e. The van der Waals surface area contributed by atoms with Crippen molar-refractivity contribution >= 4 is 22.9 Å². The number of hydrogen-bond acceptors (Lipinski definition) is 3. The summed E-state index contributed by atoms with van der Waals surface area (Å²) in [5.74, 6) is -0.272. The molecule has 2 nitrogen and oxygen atoms in total. The third-order valence-electron chi connectivity index (χ3n) is 1.60. The maximum Gasteiger partial charge on any atom is 0.331 e. The second kappa shape index (κ2) is 4.82. The van der Waals surface area contributed by atoms with Crippen molar-refractivity contribution in [3.05, 3.63) is 28.5 Å². The van der Waals surface area contributed by atoms with Gasteiger partial charge in [-0.05, 0) is 41.8 Å². The van der Waals surface area contributed by atoms with Gasteiger partial charge in [-0.3, -0.25) is 0 Å². The smallest absolute Gasteiger partial charge is 0.331 e. The molecule has 0 aromatic carbocycles. The van der Waals surface area contributed by atoms with Crippen LogP contribution < -0.4 is 0 Å². The fraction of sp³-hybridized carbons (Fsp3) is 0.300. The van der Waals surface area contributed by atoms with E-state index < -0.39 is 0 Å². The quantitative estimate of drug-likeness (QED) is 0.549. The van der Waals surface area contributed by atoms with Gasteiger partial charge < -0.3 is 4.74 Å². The maximum absolute atomic E-state index is 11.1. The van der Waals surface area contributed by atoms with Gasteiger partial charge in [-0.15, -0.1) is 0 Å². The number of carbonyl (C=O) groups excluding carboxylic acids is 1. The third kappa shape index (κ3) is 3.03. The highest BCUT2D eigenvalue weighted by molar-refractivity contribution is 7.08. The van der Waals surface area contributed by atoms with E-state index in [9.17, 15) is 4.79 Å². The Balaban J connectivity index is 2.67. The van der Waals surface area contributed by atoms with E-state index in [0.29, 0.717) is 6.61 Å². The Morgan fingerprint density at radius 1 is 1.69 bits per heavy atom. The number of esters is 1. The van der Waals surface area contributed by atoms with Crippen molar-refractivity contribution in [3.8, 4) is 0 Å². The lowest BCUT2D eigenvalue weighted by Gasteiger charge is -1.98. The first-order chi connectivity index (χ1) is 6.24. The number of rotatable bonds is 3.